The molecule has 0 unspecified atom stereocenters. The van der Waals surface area contributed by atoms with E-state index in [9.17, 15) is 0 Å². The Morgan fingerprint density at radius 1 is 0.433 bits per heavy atom. The average molecular weight is 814 g/mol. The Balaban J connectivity index is 1.21. The fourth-order valence-corrected chi connectivity index (χ4v) is 15.2. The van der Waals surface area contributed by atoms with Crippen LogP contribution in [0.1, 0.15) is 45.7 Å². The zero-order valence-corrected chi connectivity index (χ0v) is 38.4. The minimum atomic E-state index is -1.63. The van der Waals surface area contributed by atoms with Gasteiger partial charge in [0.2, 0.25) is 0 Å². The number of hydrogen-bond acceptors (Lipinski definition) is 3. The van der Waals surface area contributed by atoms with Gasteiger partial charge in [0, 0.05) is 22.1 Å². The molecule has 8 aromatic rings. The lowest BCUT2D eigenvalue weighted by Gasteiger charge is -2.28. The summed E-state index contributed by atoms with van der Waals surface area (Å²) in [5.74, 6) is 2.07. The summed E-state index contributed by atoms with van der Waals surface area (Å²) in [6.07, 6.45) is 0. The topological polar surface area (TPSA) is 38.7 Å². The number of rotatable bonds is 10. The van der Waals surface area contributed by atoms with Crippen molar-refractivity contribution in [2.75, 3.05) is 0 Å². The molecule has 3 nitrogen and oxygen atoms in total. The van der Waals surface area contributed by atoms with Crippen LogP contribution in [-0.4, -0.2) is 31.1 Å². The van der Waals surface area contributed by atoms with E-state index in [1.54, 1.807) is 0 Å². The molecule has 1 aliphatic rings. The SMILES string of the molecule is CC[Si](CC)(CC)c1ccc(-c2nc(-c3cccc(-c4ccccc4-c4cccc5c4-c4ccccc4C5(C)C)c3)nc(-c3ccc([Si](C)(C)C)c4ccccc34)n2)cc1. The maximum atomic E-state index is 5.34. The van der Waals surface area contributed by atoms with Crippen LogP contribution < -0.4 is 10.4 Å². The Kier molecular flexibility index (Phi) is 10.2. The summed E-state index contributed by atoms with van der Waals surface area (Å²) in [6.45, 7) is 19.1. The lowest BCUT2D eigenvalue weighted by atomic mass is 9.81. The molecule has 5 heteroatoms. The van der Waals surface area contributed by atoms with Crippen LogP contribution in [0.5, 0.6) is 0 Å². The fourth-order valence-electron chi connectivity index (χ4n) is 10.0. The number of nitrogens with zero attached hydrogens (tertiary/aromatic N) is 3. The molecule has 0 spiro atoms. The van der Waals surface area contributed by atoms with E-state index in [0.29, 0.717) is 17.5 Å². The van der Waals surface area contributed by atoms with Crippen LogP contribution in [0.25, 0.3) is 78.3 Å². The molecule has 7 aromatic carbocycles. The van der Waals surface area contributed by atoms with Crippen LogP contribution in [-0.2, 0) is 5.41 Å². The molecule has 0 aliphatic heterocycles. The quantitative estimate of drug-likeness (QED) is 0.129. The van der Waals surface area contributed by atoms with Crippen LogP contribution in [0.3, 0.4) is 0 Å². The van der Waals surface area contributed by atoms with E-state index in [1.165, 1.54) is 78.2 Å². The minimum Gasteiger partial charge on any atom is -0.208 e. The van der Waals surface area contributed by atoms with Gasteiger partial charge < -0.3 is 0 Å². The number of fused-ring (bicyclic) bond motifs is 4. The van der Waals surface area contributed by atoms with Gasteiger partial charge in [-0.3, -0.25) is 0 Å². The second-order valence-electron chi connectivity index (χ2n) is 18.2. The Hall–Kier alpha value is -5.76. The third-order valence-electron chi connectivity index (χ3n) is 13.7. The summed E-state index contributed by atoms with van der Waals surface area (Å²) in [4.78, 5) is 15.9. The molecular formula is C55H55N3Si2. The van der Waals surface area contributed by atoms with Crippen molar-refractivity contribution in [2.24, 2.45) is 0 Å². The number of aromatic nitrogens is 3. The van der Waals surface area contributed by atoms with Gasteiger partial charge in [0.25, 0.3) is 0 Å². The molecule has 1 heterocycles. The fraction of sp³-hybridized carbons (Fsp3) is 0.218. The highest BCUT2D eigenvalue weighted by atomic mass is 28.3. The van der Waals surface area contributed by atoms with Gasteiger partial charge in [-0.05, 0) is 61.3 Å². The smallest absolute Gasteiger partial charge is 0.164 e. The van der Waals surface area contributed by atoms with Crippen molar-refractivity contribution in [3.63, 3.8) is 0 Å². The van der Waals surface area contributed by atoms with Crippen LogP contribution in [0, 0.1) is 0 Å². The molecule has 0 saturated heterocycles. The van der Waals surface area contributed by atoms with Gasteiger partial charge in [0.1, 0.15) is 0 Å². The standard InChI is InChI=1S/C55H55N3Si2/c1-9-60(10-2,11-3)40-32-30-37(31-33-40)52-56-53(58-54(57-52)46-34-35-50(59(6,7)8)44-25-15-14-24-43(44)46)39-21-18-20-38(36-39)41-22-12-13-23-42(41)45-27-19-29-49-51(45)47-26-16-17-28-48(47)55(49,4)5/h12-36H,9-11H2,1-8H3. The van der Waals surface area contributed by atoms with E-state index < -0.39 is 16.1 Å². The van der Waals surface area contributed by atoms with Crippen molar-refractivity contribution in [3.8, 4) is 67.5 Å². The maximum absolute atomic E-state index is 5.34. The zero-order valence-electron chi connectivity index (χ0n) is 36.4. The van der Waals surface area contributed by atoms with Gasteiger partial charge in [-0.1, -0.05) is 228 Å². The summed E-state index contributed by atoms with van der Waals surface area (Å²) in [6, 6.07) is 59.7. The minimum absolute atomic E-state index is 0.0708. The number of benzene rings is 7. The largest absolute Gasteiger partial charge is 0.208 e. The van der Waals surface area contributed by atoms with Crippen molar-refractivity contribution in [3.05, 3.63) is 163 Å². The molecule has 0 radical (unpaired) electrons. The molecule has 0 atom stereocenters. The van der Waals surface area contributed by atoms with Gasteiger partial charge in [-0.15, -0.1) is 0 Å². The van der Waals surface area contributed by atoms with Crippen LogP contribution >= 0.6 is 0 Å². The van der Waals surface area contributed by atoms with Gasteiger partial charge in [-0.2, -0.15) is 0 Å². The third-order valence-corrected chi connectivity index (χ3v) is 21.3. The van der Waals surface area contributed by atoms with E-state index in [1.807, 2.05) is 0 Å². The molecule has 0 N–H and O–H groups in total. The molecule has 1 aliphatic carbocycles. The van der Waals surface area contributed by atoms with Gasteiger partial charge >= 0.3 is 0 Å². The highest BCUT2D eigenvalue weighted by Crippen LogP contribution is 2.53. The molecule has 9 rings (SSSR count). The Labute approximate surface area is 358 Å². The zero-order chi connectivity index (χ0) is 41.8. The molecule has 0 bridgehead atoms. The van der Waals surface area contributed by atoms with Crippen molar-refractivity contribution in [1.29, 1.82) is 0 Å². The van der Waals surface area contributed by atoms with E-state index in [0.717, 1.165) is 22.3 Å². The lowest BCUT2D eigenvalue weighted by molar-refractivity contribution is 0.660. The van der Waals surface area contributed by atoms with Gasteiger partial charge in [0.05, 0.1) is 16.1 Å². The summed E-state index contributed by atoms with van der Waals surface area (Å²) in [7, 11) is -3.17. The molecular weight excluding hydrogens is 759 g/mol. The average Bonchev–Trinajstić information content (AvgIpc) is 3.52. The van der Waals surface area contributed by atoms with E-state index in [-0.39, 0.29) is 5.41 Å². The Morgan fingerprint density at radius 2 is 0.983 bits per heavy atom. The summed E-state index contributed by atoms with van der Waals surface area (Å²) in [5.41, 5.74) is 13.2. The first kappa shape index (κ1) is 39.7. The van der Waals surface area contributed by atoms with E-state index in [4.69, 9.17) is 15.0 Å². The first-order valence-electron chi connectivity index (χ1n) is 21.8. The molecule has 0 amide bonds. The summed E-state index contributed by atoms with van der Waals surface area (Å²) >= 11 is 0. The van der Waals surface area contributed by atoms with E-state index in [2.05, 4.69) is 206 Å². The highest BCUT2D eigenvalue weighted by Gasteiger charge is 2.37. The first-order valence-corrected chi connectivity index (χ1v) is 27.9. The Morgan fingerprint density at radius 3 is 1.68 bits per heavy atom. The van der Waals surface area contributed by atoms with E-state index >= 15 is 0 Å². The highest BCUT2D eigenvalue weighted by molar-refractivity contribution is 6.91. The number of hydrogen-bond donors (Lipinski definition) is 0. The third kappa shape index (κ3) is 6.69. The monoisotopic (exact) mass is 813 g/mol. The van der Waals surface area contributed by atoms with Gasteiger partial charge in [0.15, 0.2) is 17.5 Å². The van der Waals surface area contributed by atoms with Crippen LogP contribution in [0.15, 0.2) is 152 Å². The van der Waals surface area contributed by atoms with Crippen molar-refractivity contribution < 1.29 is 0 Å². The van der Waals surface area contributed by atoms with Crippen LogP contribution in [0.2, 0.25) is 37.8 Å². The normalized spacial score (nSPS) is 13.3. The van der Waals surface area contributed by atoms with Crippen molar-refractivity contribution in [1.82, 2.24) is 15.0 Å². The van der Waals surface area contributed by atoms with Crippen molar-refractivity contribution >= 4 is 37.3 Å². The lowest BCUT2D eigenvalue weighted by Crippen LogP contribution is -2.45. The summed E-state index contributed by atoms with van der Waals surface area (Å²) in [5, 5.41) is 5.44. The van der Waals surface area contributed by atoms with Crippen molar-refractivity contribution in [2.45, 2.75) is 77.8 Å². The predicted octanol–water partition coefficient (Wildman–Crippen LogP) is 13.9. The predicted molar refractivity (Wildman–Crippen MR) is 262 cm³/mol. The molecule has 298 valence electrons. The summed E-state index contributed by atoms with van der Waals surface area (Å²) < 4.78 is 0. The second kappa shape index (κ2) is 15.4. The molecule has 0 saturated carbocycles. The second-order valence-corrected chi connectivity index (χ2v) is 28.5. The Bertz CT molecular complexity index is 2890. The van der Waals surface area contributed by atoms with Crippen LogP contribution in [0.4, 0.5) is 0 Å². The van der Waals surface area contributed by atoms with Gasteiger partial charge in [-0.25, -0.2) is 15.0 Å². The first-order chi connectivity index (χ1) is 29.0. The molecule has 1 aromatic heterocycles. The maximum Gasteiger partial charge on any atom is 0.164 e. The molecule has 0 fully saturated rings. The molecule has 60 heavy (non-hydrogen) atoms.